The van der Waals surface area contributed by atoms with Crippen molar-refractivity contribution in [2.24, 2.45) is 0 Å². The summed E-state index contributed by atoms with van der Waals surface area (Å²) in [5.41, 5.74) is 1.11. The van der Waals surface area contributed by atoms with Crippen LogP contribution in [0.25, 0.3) is 11.0 Å². The SMILES string of the molecule is O=C1c2c(c(O)c3ncnnc3c2O)CN1Cc1ccc(F)cc1. The van der Waals surface area contributed by atoms with Crippen LogP contribution in [0.15, 0.2) is 30.6 Å². The Morgan fingerprint density at radius 3 is 2.62 bits per heavy atom. The van der Waals surface area contributed by atoms with Gasteiger partial charge in [0, 0.05) is 12.1 Å². The molecule has 0 spiro atoms. The molecule has 1 aliphatic heterocycles. The van der Waals surface area contributed by atoms with Crippen molar-refractivity contribution in [3.05, 3.63) is 53.1 Å². The maximum atomic E-state index is 13.0. The third-order valence-corrected chi connectivity index (χ3v) is 4.03. The molecule has 0 aliphatic carbocycles. The van der Waals surface area contributed by atoms with E-state index in [1.54, 1.807) is 12.1 Å². The second-order valence-corrected chi connectivity index (χ2v) is 5.50. The Morgan fingerprint density at radius 1 is 1.12 bits per heavy atom. The number of rotatable bonds is 2. The first-order valence-electron chi connectivity index (χ1n) is 7.14. The Bertz CT molecular complexity index is 975. The van der Waals surface area contributed by atoms with Gasteiger partial charge in [0.2, 0.25) is 0 Å². The molecule has 0 unspecified atom stereocenters. The summed E-state index contributed by atoms with van der Waals surface area (Å²) >= 11 is 0. The Hall–Kier alpha value is -3.29. The van der Waals surface area contributed by atoms with Gasteiger partial charge in [0.1, 0.15) is 23.4 Å². The predicted molar refractivity (Wildman–Crippen MR) is 80.6 cm³/mol. The van der Waals surface area contributed by atoms with Gasteiger partial charge in [-0.05, 0) is 17.7 Å². The van der Waals surface area contributed by atoms with Gasteiger partial charge in [-0.1, -0.05) is 12.1 Å². The largest absolute Gasteiger partial charge is 0.505 e. The Morgan fingerprint density at radius 2 is 1.88 bits per heavy atom. The molecule has 120 valence electrons. The lowest BCUT2D eigenvalue weighted by molar-refractivity contribution is 0.0764. The van der Waals surface area contributed by atoms with Crippen molar-refractivity contribution in [2.75, 3.05) is 0 Å². The van der Waals surface area contributed by atoms with E-state index in [2.05, 4.69) is 15.2 Å². The van der Waals surface area contributed by atoms with Gasteiger partial charge >= 0.3 is 0 Å². The van der Waals surface area contributed by atoms with Gasteiger partial charge in [-0.3, -0.25) is 4.79 Å². The number of halogens is 1. The van der Waals surface area contributed by atoms with Crippen molar-refractivity contribution < 1.29 is 19.4 Å². The van der Waals surface area contributed by atoms with Crippen LogP contribution in [0.3, 0.4) is 0 Å². The lowest BCUT2D eigenvalue weighted by atomic mass is 10.1. The average molecular weight is 326 g/mol. The summed E-state index contributed by atoms with van der Waals surface area (Å²) in [5.74, 6) is -1.33. The molecule has 2 aromatic carbocycles. The number of carbonyl (C=O) groups is 1. The number of fused-ring (bicyclic) bond motifs is 2. The lowest BCUT2D eigenvalue weighted by Gasteiger charge is -2.15. The van der Waals surface area contributed by atoms with Crippen LogP contribution in [0, 0.1) is 5.82 Å². The number of benzene rings is 2. The van der Waals surface area contributed by atoms with Crippen molar-refractivity contribution in [1.29, 1.82) is 0 Å². The smallest absolute Gasteiger partial charge is 0.258 e. The maximum absolute atomic E-state index is 13.0. The van der Waals surface area contributed by atoms with Crippen LogP contribution < -0.4 is 0 Å². The molecule has 1 amide bonds. The number of phenolic OH excluding ortho intramolecular Hbond substituents is 2. The summed E-state index contributed by atoms with van der Waals surface area (Å²) in [6.07, 6.45) is 1.15. The van der Waals surface area contributed by atoms with E-state index in [0.717, 1.165) is 11.9 Å². The number of carbonyl (C=O) groups excluding carboxylic acids is 1. The number of hydrogen-bond acceptors (Lipinski definition) is 6. The predicted octanol–water partition coefficient (Wildman–Crippen LogP) is 1.73. The van der Waals surface area contributed by atoms with E-state index in [4.69, 9.17) is 0 Å². The quantitative estimate of drug-likeness (QED) is 0.696. The summed E-state index contributed by atoms with van der Waals surface area (Å²) in [6.45, 7) is 0.340. The highest BCUT2D eigenvalue weighted by Crippen LogP contribution is 2.42. The zero-order chi connectivity index (χ0) is 16.8. The molecular formula is C16H11FN4O3. The summed E-state index contributed by atoms with van der Waals surface area (Å²) < 4.78 is 13.0. The van der Waals surface area contributed by atoms with E-state index in [-0.39, 0.29) is 47.0 Å². The molecule has 1 aromatic heterocycles. The molecule has 2 N–H and O–H groups in total. The molecule has 0 saturated carbocycles. The number of amides is 1. The second kappa shape index (κ2) is 5.12. The van der Waals surface area contributed by atoms with E-state index in [9.17, 15) is 19.4 Å². The van der Waals surface area contributed by atoms with Crippen LogP contribution in [-0.2, 0) is 13.1 Å². The van der Waals surface area contributed by atoms with Crippen molar-refractivity contribution >= 4 is 16.9 Å². The molecule has 8 heteroatoms. The van der Waals surface area contributed by atoms with Gasteiger partial charge in [-0.15, -0.1) is 10.2 Å². The summed E-state index contributed by atoms with van der Waals surface area (Å²) in [7, 11) is 0. The van der Waals surface area contributed by atoms with Crippen LogP contribution in [0.5, 0.6) is 11.5 Å². The van der Waals surface area contributed by atoms with Crippen LogP contribution in [0.1, 0.15) is 21.5 Å². The highest BCUT2D eigenvalue weighted by atomic mass is 19.1. The van der Waals surface area contributed by atoms with E-state index < -0.39 is 5.91 Å². The third kappa shape index (κ3) is 2.03. The van der Waals surface area contributed by atoms with Gasteiger partial charge in [-0.25, -0.2) is 9.37 Å². The Kier molecular flexibility index (Phi) is 3.05. The zero-order valence-corrected chi connectivity index (χ0v) is 12.3. The molecule has 0 fully saturated rings. The standard InChI is InChI=1S/C16H11FN4O3/c17-9-3-1-8(2-4-9)5-21-6-10-11(16(21)24)15(23)13-12(14(10)22)18-7-19-20-13/h1-4,7,22-23H,5-6H2. The van der Waals surface area contributed by atoms with E-state index in [1.807, 2.05) is 0 Å². The van der Waals surface area contributed by atoms with Gasteiger partial charge in [0.25, 0.3) is 5.91 Å². The zero-order valence-electron chi connectivity index (χ0n) is 12.3. The summed E-state index contributed by atoms with van der Waals surface area (Å²) in [4.78, 5) is 18.0. The molecule has 3 aromatic rings. The van der Waals surface area contributed by atoms with Gasteiger partial charge in [0.05, 0.1) is 12.1 Å². The van der Waals surface area contributed by atoms with Gasteiger partial charge in [0.15, 0.2) is 11.3 Å². The fraction of sp³-hybridized carbons (Fsp3) is 0.125. The average Bonchev–Trinajstić information content (AvgIpc) is 2.92. The molecule has 1 aliphatic rings. The number of aromatic nitrogens is 3. The van der Waals surface area contributed by atoms with Gasteiger partial charge in [-0.2, -0.15) is 0 Å². The minimum absolute atomic E-state index is 0.00408. The molecule has 0 atom stereocenters. The van der Waals surface area contributed by atoms with Crippen LogP contribution in [0.4, 0.5) is 4.39 Å². The van der Waals surface area contributed by atoms with Crippen molar-refractivity contribution in [1.82, 2.24) is 20.1 Å². The third-order valence-electron chi connectivity index (χ3n) is 4.03. The van der Waals surface area contributed by atoms with Crippen molar-refractivity contribution in [3.8, 4) is 11.5 Å². The van der Waals surface area contributed by atoms with Crippen molar-refractivity contribution in [3.63, 3.8) is 0 Å². The molecule has 24 heavy (non-hydrogen) atoms. The fourth-order valence-electron chi connectivity index (χ4n) is 2.87. The first kappa shape index (κ1) is 14.3. The molecule has 0 saturated heterocycles. The normalized spacial score (nSPS) is 13.5. The van der Waals surface area contributed by atoms with Crippen LogP contribution in [0.2, 0.25) is 0 Å². The van der Waals surface area contributed by atoms with E-state index in [0.29, 0.717) is 5.56 Å². The van der Waals surface area contributed by atoms with Crippen molar-refractivity contribution in [2.45, 2.75) is 13.1 Å². The highest BCUT2D eigenvalue weighted by molar-refractivity contribution is 6.07. The molecule has 7 nitrogen and oxygen atoms in total. The second-order valence-electron chi connectivity index (χ2n) is 5.50. The monoisotopic (exact) mass is 326 g/mol. The highest BCUT2D eigenvalue weighted by Gasteiger charge is 2.35. The number of aromatic hydroxyl groups is 2. The number of nitrogens with zero attached hydrogens (tertiary/aromatic N) is 4. The molecule has 4 rings (SSSR count). The first-order chi connectivity index (χ1) is 11.6. The van der Waals surface area contributed by atoms with Gasteiger partial charge < -0.3 is 15.1 Å². The minimum Gasteiger partial charge on any atom is -0.505 e. The Labute approximate surface area is 135 Å². The van der Waals surface area contributed by atoms with Crippen LogP contribution >= 0.6 is 0 Å². The Balaban J connectivity index is 1.77. The minimum atomic E-state index is -0.435. The number of hydrogen-bond donors (Lipinski definition) is 2. The maximum Gasteiger partial charge on any atom is 0.258 e. The van der Waals surface area contributed by atoms with Crippen LogP contribution in [-0.4, -0.2) is 36.2 Å². The molecule has 0 radical (unpaired) electrons. The summed E-state index contributed by atoms with van der Waals surface area (Å²) in [5, 5.41) is 28.0. The lowest BCUT2D eigenvalue weighted by Crippen LogP contribution is -2.23. The molecule has 0 bridgehead atoms. The topological polar surface area (TPSA) is 99.4 Å². The first-order valence-corrected chi connectivity index (χ1v) is 7.14. The number of phenols is 2. The molecule has 2 heterocycles. The van der Waals surface area contributed by atoms with E-state index in [1.165, 1.54) is 17.0 Å². The fourth-order valence-corrected chi connectivity index (χ4v) is 2.87. The molecular weight excluding hydrogens is 315 g/mol. The summed E-state index contributed by atoms with van der Waals surface area (Å²) in [6, 6.07) is 5.78. The van der Waals surface area contributed by atoms with E-state index >= 15 is 0 Å².